The van der Waals surface area contributed by atoms with Crippen LogP contribution in [-0.4, -0.2) is 24.0 Å². The molecule has 0 saturated carbocycles. The number of carbonyl (C=O) groups is 1. The van der Waals surface area contributed by atoms with Crippen LogP contribution >= 0.6 is 11.3 Å². The Kier molecular flexibility index (Phi) is 5.50. The second-order valence-electron chi connectivity index (χ2n) is 7.35. The van der Waals surface area contributed by atoms with E-state index in [-0.39, 0.29) is 11.9 Å². The van der Waals surface area contributed by atoms with Gasteiger partial charge in [0.2, 0.25) is 0 Å². The van der Waals surface area contributed by atoms with Gasteiger partial charge in [0, 0.05) is 6.42 Å². The van der Waals surface area contributed by atoms with Crippen molar-refractivity contribution < 1.29 is 9.69 Å². The zero-order valence-corrected chi connectivity index (χ0v) is 16.5. The molecule has 0 radical (unpaired) electrons. The molecule has 1 amide bonds. The molecule has 27 heavy (non-hydrogen) atoms. The van der Waals surface area contributed by atoms with Gasteiger partial charge in [-0.05, 0) is 37.5 Å². The van der Waals surface area contributed by atoms with Crippen LogP contribution in [0.2, 0.25) is 0 Å². The van der Waals surface area contributed by atoms with Gasteiger partial charge in [0.25, 0.3) is 5.91 Å². The van der Waals surface area contributed by atoms with Gasteiger partial charge < -0.3 is 10.2 Å². The van der Waals surface area contributed by atoms with E-state index in [9.17, 15) is 4.79 Å². The number of aromatic nitrogens is 1. The summed E-state index contributed by atoms with van der Waals surface area (Å²) in [5.41, 5.74) is 2.21. The highest BCUT2D eigenvalue weighted by Crippen LogP contribution is 2.28. The fraction of sp³-hybridized carbons (Fsp3) is 0.364. The van der Waals surface area contributed by atoms with E-state index in [0.29, 0.717) is 12.6 Å². The molecule has 1 aromatic heterocycles. The Balaban J connectivity index is 1.45. The molecule has 2 heterocycles. The second-order valence-corrected chi connectivity index (χ2v) is 8.42. The third-order valence-corrected chi connectivity index (χ3v) is 6.56. The van der Waals surface area contributed by atoms with Crippen LogP contribution < -0.4 is 10.2 Å². The Hall–Kier alpha value is -2.24. The van der Waals surface area contributed by atoms with E-state index in [1.165, 1.54) is 27.4 Å². The number of para-hydroxylation sites is 1. The van der Waals surface area contributed by atoms with Gasteiger partial charge >= 0.3 is 0 Å². The Morgan fingerprint density at radius 3 is 2.78 bits per heavy atom. The van der Waals surface area contributed by atoms with Crippen molar-refractivity contribution in [3.63, 3.8) is 0 Å². The Labute approximate surface area is 164 Å². The Morgan fingerprint density at radius 2 is 1.96 bits per heavy atom. The molecule has 5 heteroatoms. The second kappa shape index (κ2) is 8.19. The van der Waals surface area contributed by atoms with Gasteiger partial charge in [0.1, 0.15) is 6.04 Å². The molecule has 4 nitrogen and oxygen atoms in total. The average Bonchev–Trinajstić information content (AvgIpc) is 3.13. The van der Waals surface area contributed by atoms with E-state index in [4.69, 9.17) is 4.98 Å². The van der Waals surface area contributed by atoms with Crippen molar-refractivity contribution in [2.24, 2.45) is 0 Å². The van der Waals surface area contributed by atoms with Crippen LogP contribution in [0.4, 0.5) is 0 Å². The minimum Gasteiger partial charge on any atom is -0.345 e. The highest BCUT2D eigenvalue weighted by Gasteiger charge is 2.32. The molecule has 1 aliphatic rings. The molecule has 0 spiro atoms. The number of carbonyl (C=O) groups excluding carboxylic acids is 1. The predicted molar refractivity (Wildman–Crippen MR) is 110 cm³/mol. The minimum absolute atomic E-state index is 0.0313. The number of nitrogens with zero attached hydrogens (tertiary/aromatic N) is 1. The number of fused-ring (bicyclic) bond motifs is 1. The number of piperidine rings is 1. The minimum atomic E-state index is 0.0313. The van der Waals surface area contributed by atoms with Crippen molar-refractivity contribution in [3.05, 3.63) is 65.2 Å². The number of rotatable bonds is 5. The van der Waals surface area contributed by atoms with Crippen molar-refractivity contribution in [2.75, 3.05) is 13.1 Å². The zero-order valence-electron chi connectivity index (χ0n) is 15.7. The Bertz CT molecular complexity index is 875. The van der Waals surface area contributed by atoms with Crippen LogP contribution in [-0.2, 0) is 4.79 Å². The van der Waals surface area contributed by atoms with Crippen molar-refractivity contribution in [3.8, 4) is 0 Å². The molecule has 140 valence electrons. The molecular weight excluding hydrogens is 354 g/mol. The van der Waals surface area contributed by atoms with Gasteiger partial charge in [0.05, 0.1) is 22.8 Å². The van der Waals surface area contributed by atoms with Crippen molar-refractivity contribution in [1.29, 1.82) is 0 Å². The van der Waals surface area contributed by atoms with Gasteiger partial charge in [-0.25, -0.2) is 4.98 Å². The molecule has 1 saturated heterocycles. The lowest BCUT2D eigenvalue weighted by atomic mass is 10.0. The molecule has 0 aliphatic carbocycles. The molecule has 2 N–H and O–H groups in total. The van der Waals surface area contributed by atoms with E-state index in [1.807, 2.05) is 31.2 Å². The lowest BCUT2D eigenvalue weighted by molar-refractivity contribution is -0.929. The normalized spacial score (nSPS) is 21.1. The van der Waals surface area contributed by atoms with E-state index < -0.39 is 0 Å². The first kappa shape index (κ1) is 18.1. The fourth-order valence-electron chi connectivity index (χ4n) is 3.95. The number of benzene rings is 2. The van der Waals surface area contributed by atoms with Crippen LogP contribution in [0.5, 0.6) is 0 Å². The number of thiazole rings is 1. The van der Waals surface area contributed by atoms with E-state index >= 15 is 0 Å². The highest BCUT2D eigenvalue weighted by atomic mass is 32.1. The molecule has 2 aromatic carbocycles. The quantitative estimate of drug-likeness (QED) is 0.714. The smallest absolute Gasteiger partial charge is 0.275 e. The molecule has 3 atom stereocenters. The number of quaternary nitrogens is 1. The van der Waals surface area contributed by atoms with Crippen molar-refractivity contribution in [2.45, 2.75) is 38.3 Å². The van der Waals surface area contributed by atoms with E-state index in [2.05, 4.69) is 35.6 Å². The zero-order chi connectivity index (χ0) is 18.6. The highest BCUT2D eigenvalue weighted by molar-refractivity contribution is 7.18. The lowest BCUT2D eigenvalue weighted by Gasteiger charge is -2.31. The first-order chi connectivity index (χ1) is 13.2. The molecule has 0 bridgehead atoms. The van der Waals surface area contributed by atoms with Crippen LogP contribution in [0.25, 0.3) is 10.2 Å². The first-order valence-corrected chi connectivity index (χ1v) is 10.6. The predicted octanol–water partition coefficient (Wildman–Crippen LogP) is 3.28. The van der Waals surface area contributed by atoms with E-state index in [0.717, 1.165) is 24.0 Å². The maximum atomic E-state index is 12.7. The monoisotopic (exact) mass is 380 g/mol. The maximum absolute atomic E-state index is 12.7. The lowest BCUT2D eigenvalue weighted by Crippen LogP contribution is -3.14. The SMILES string of the molecule is C[C@@H](NC(=O)C[NH+]1CCCC[C@@H]1c1nc2ccccc2s1)c1ccccc1. The molecule has 1 aliphatic heterocycles. The summed E-state index contributed by atoms with van der Waals surface area (Å²) in [5, 5.41) is 4.34. The summed E-state index contributed by atoms with van der Waals surface area (Å²) in [5.74, 6) is 0.120. The third kappa shape index (κ3) is 4.20. The van der Waals surface area contributed by atoms with Crippen LogP contribution in [0.1, 0.15) is 48.8 Å². The van der Waals surface area contributed by atoms with Gasteiger partial charge in [-0.3, -0.25) is 4.79 Å². The summed E-state index contributed by atoms with van der Waals surface area (Å²) >= 11 is 1.78. The van der Waals surface area contributed by atoms with Gasteiger partial charge in [-0.1, -0.05) is 42.5 Å². The van der Waals surface area contributed by atoms with Crippen molar-refractivity contribution >= 4 is 27.5 Å². The first-order valence-electron chi connectivity index (χ1n) is 9.75. The molecule has 1 unspecified atom stereocenters. The number of hydrogen-bond donors (Lipinski definition) is 2. The molecule has 4 rings (SSSR count). The molecule has 1 fully saturated rings. The van der Waals surface area contributed by atoms with Gasteiger partial charge in [0.15, 0.2) is 11.6 Å². The summed E-state index contributed by atoms with van der Waals surface area (Å²) in [7, 11) is 0. The number of nitrogens with one attached hydrogen (secondary N) is 2. The number of hydrogen-bond acceptors (Lipinski definition) is 3. The van der Waals surface area contributed by atoms with Crippen LogP contribution in [0, 0.1) is 0 Å². The average molecular weight is 381 g/mol. The number of amides is 1. The standard InChI is InChI=1S/C22H25N3OS/c1-16(17-9-3-2-4-10-17)23-21(26)15-25-14-8-7-12-19(25)22-24-18-11-5-6-13-20(18)27-22/h2-6,9-11,13,16,19H,7-8,12,14-15H2,1H3,(H,23,26)/p+1/t16-,19-/m1/s1. The van der Waals surface area contributed by atoms with Crippen LogP contribution in [0.15, 0.2) is 54.6 Å². The summed E-state index contributed by atoms with van der Waals surface area (Å²) in [6, 6.07) is 18.8. The Morgan fingerprint density at radius 1 is 1.19 bits per heavy atom. The van der Waals surface area contributed by atoms with Crippen LogP contribution in [0.3, 0.4) is 0 Å². The summed E-state index contributed by atoms with van der Waals surface area (Å²) in [6.07, 6.45) is 3.50. The molecule has 3 aromatic rings. The topological polar surface area (TPSA) is 46.4 Å². The summed E-state index contributed by atoms with van der Waals surface area (Å²) in [4.78, 5) is 18.9. The fourth-order valence-corrected chi connectivity index (χ4v) is 5.11. The van der Waals surface area contributed by atoms with Crippen molar-refractivity contribution in [1.82, 2.24) is 10.3 Å². The summed E-state index contributed by atoms with van der Waals surface area (Å²) in [6.45, 7) is 3.59. The van der Waals surface area contributed by atoms with Gasteiger partial charge in [-0.15, -0.1) is 11.3 Å². The van der Waals surface area contributed by atoms with E-state index in [1.54, 1.807) is 11.3 Å². The maximum Gasteiger partial charge on any atom is 0.275 e. The molecular formula is C22H26N3OS+. The largest absolute Gasteiger partial charge is 0.345 e. The number of likely N-dealkylation sites (tertiary alicyclic amines) is 1. The summed E-state index contributed by atoms with van der Waals surface area (Å²) < 4.78 is 1.24. The van der Waals surface area contributed by atoms with Gasteiger partial charge in [-0.2, -0.15) is 0 Å². The third-order valence-electron chi connectivity index (χ3n) is 5.41.